The zero-order chi connectivity index (χ0) is 19.8. The number of ether oxygens (including phenoxy) is 1. The predicted molar refractivity (Wildman–Crippen MR) is 92.2 cm³/mol. The van der Waals surface area contributed by atoms with Crippen molar-refractivity contribution in [2.75, 3.05) is 42.3 Å². The highest BCUT2D eigenvalue weighted by Crippen LogP contribution is 2.32. The number of carbonyl (C=O) groups excluding carboxylic acids is 1. The molecule has 2 fully saturated rings. The topological polar surface area (TPSA) is 96.4 Å². The van der Waals surface area contributed by atoms with Crippen molar-refractivity contribution >= 4 is 27.6 Å². The van der Waals surface area contributed by atoms with Crippen LogP contribution in [0.25, 0.3) is 0 Å². The van der Waals surface area contributed by atoms with E-state index >= 15 is 0 Å². The second kappa shape index (κ2) is 7.56. The van der Waals surface area contributed by atoms with Crippen molar-refractivity contribution in [2.24, 2.45) is 0 Å². The van der Waals surface area contributed by atoms with Gasteiger partial charge in [0.25, 0.3) is 10.1 Å². The highest BCUT2D eigenvalue weighted by atomic mass is 32.2. The Kier molecular flexibility index (Phi) is 5.54. The molecule has 150 valence electrons. The van der Waals surface area contributed by atoms with E-state index in [0.29, 0.717) is 25.9 Å². The van der Waals surface area contributed by atoms with Crippen molar-refractivity contribution in [3.63, 3.8) is 0 Å². The molecule has 2 aliphatic heterocycles. The van der Waals surface area contributed by atoms with E-state index in [1.54, 1.807) is 0 Å². The van der Waals surface area contributed by atoms with Gasteiger partial charge in [0.1, 0.15) is 18.4 Å². The predicted octanol–water partition coefficient (Wildman–Crippen LogP) is 1.23. The van der Waals surface area contributed by atoms with Crippen molar-refractivity contribution in [3.8, 4) is 0 Å². The van der Waals surface area contributed by atoms with Crippen molar-refractivity contribution in [1.29, 1.82) is 0 Å². The number of hydrogen-bond donors (Lipinski definition) is 1. The van der Waals surface area contributed by atoms with E-state index in [-0.39, 0.29) is 24.5 Å². The molecule has 1 aromatic carbocycles. The fraction of sp³-hybridized carbons (Fsp3) is 0.562. The smallest absolute Gasteiger partial charge is 0.414 e. The van der Waals surface area contributed by atoms with Gasteiger partial charge in [-0.25, -0.2) is 13.6 Å². The quantitative estimate of drug-likeness (QED) is 0.735. The van der Waals surface area contributed by atoms with Crippen molar-refractivity contribution in [1.82, 2.24) is 0 Å². The molecule has 0 bridgehead atoms. The average molecular weight is 406 g/mol. The van der Waals surface area contributed by atoms with Crippen LogP contribution in [0.1, 0.15) is 12.8 Å². The van der Waals surface area contributed by atoms with Crippen LogP contribution in [0.5, 0.6) is 0 Å². The zero-order valence-electron chi connectivity index (χ0n) is 14.6. The van der Waals surface area contributed by atoms with Gasteiger partial charge in [-0.1, -0.05) is 0 Å². The molecule has 11 heteroatoms. The lowest BCUT2D eigenvalue weighted by atomic mass is 10.1. The van der Waals surface area contributed by atoms with Crippen LogP contribution in [0.2, 0.25) is 0 Å². The molecule has 1 atom stereocenters. The number of carbonyl (C=O) groups is 1. The maximum atomic E-state index is 14.5. The molecule has 0 aromatic heterocycles. The Morgan fingerprint density at radius 3 is 2.41 bits per heavy atom. The minimum absolute atomic E-state index is 0.0300. The van der Waals surface area contributed by atoms with Crippen molar-refractivity contribution in [3.05, 3.63) is 23.8 Å². The molecular weight excluding hydrogens is 386 g/mol. The summed E-state index contributed by atoms with van der Waals surface area (Å²) in [7, 11) is -3.70. The van der Waals surface area contributed by atoms with Crippen LogP contribution in [0.3, 0.4) is 0 Å². The van der Waals surface area contributed by atoms with Crippen LogP contribution >= 0.6 is 0 Å². The minimum atomic E-state index is -3.70. The van der Waals surface area contributed by atoms with E-state index in [1.165, 1.54) is 4.90 Å². The van der Waals surface area contributed by atoms with Crippen LogP contribution in [0.4, 0.5) is 25.0 Å². The SMILES string of the molecule is CS(=O)(=O)OC[C@H]1CN(c2cc(F)c(N3CCC(O)CC3)c(F)c2)C(=O)O1. The van der Waals surface area contributed by atoms with Gasteiger partial charge in [-0.2, -0.15) is 8.42 Å². The summed E-state index contributed by atoms with van der Waals surface area (Å²) in [5.41, 5.74) is -0.229. The van der Waals surface area contributed by atoms with Gasteiger partial charge in [-0.15, -0.1) is 0 Å². The van der Waals surface area contributed by atoms with E-state index in [0.717, 1.165) is 23.3 Å². The van der Waals surface area contributed by atoms with Crippen molar-refractivity contribution < 1.29 is 36.0 Å². The maximum absolute atomic E-state index is 14.5. The van der Waals surface area contributed by atoms with E-state index in [9.17, 15) is 27.1 Å². The van der Waals surface area contributed by atoms with Gasteiger partial charge in [-0.3, -0.25) is 9.08 Å². The van der Waals surface area contributed by atoms with Gasteiger partial charge in [0.15, 0.2) is 11.6 Å². The van der Waals surface area contributed by atoms with E-state index in [4.69, 9.17) is 4.74 Å². The molecule has 0 aliphatic carbocycles. The Morgan fingerprint density at radius 2 is 1.85 bits per heavy atom. The van der Waals surface area contributed by atoms with E-state index < -0.39 is 40.1 Å². The molecule has 27 heavy (non-hydrogen) atoms. The molecule has 0 spiro atoms. The summed E-state index contributed by atoms with van der Waals surface area (Å²) in [5.74, 6) is -1.66. The van der Waals surface area contributed by atoms with Gasteiger partial charge in [0, 0.05) is 25.2 Å². The number of amides is 1. The third kappa shape index (κ3) is 4.66. The van der Waals surface area contributed by atoms with E-state index in [2.05, 4.69) is 4.18 Å². The monoisotopic (exact) mass is 406 g/mol. The van der Waals surface area contributed by atoms with Crippen LogP contribution in [-0.4, -0.2) is 64.3 Å². The molecule has 1 amide bonds. The first-order chi connectivity index (χ1) is 12.6. The lowest BCUT2D eigenvalue weighted by Gasteiger charge is -2.32. The second-order valence-corrected chi connectivity index (χ2v) is 8.23. The Balaban J connectivity index is 1.75. The average Bonchev–Trinajstić information content (AvgIpc) is 2.94. The standard InChI is InChI=1S/C16H20F2N2O6S/c1-27(23,24)25-9-12-8-20(16(22)26-12)10-6-13(17)15(14(18)7-10)19-4-2-11(21)3-5-19/h6-7,11-12,21H,2-5,8-9H2,1H3/t12-/m1/s1. The Labute approximate surface area is 155 Å². The lowest BCUT2D eigenvalue weighted by Crippen LogP contribution is -2.37. The first kappa shape index (κ1) is 19.8. The summed E-state index contributed by atoms with van der Waals surface area (Å²) >= 11 is 0. The number of anilines is 2. The van der Waals surface area contributed by atoms with Crippen LogP contribution in [0.15, 0.2) is 12.1 Å². The Morgan fingerprint density at radius 1 is 1.26 bits per heavy atom. The fourth-order valence-corrected chi connectivity index (χ4v) is 3.52. The number of rotatable bonds is 5. The van der Waals surface area contributed by atoms with Crippen molar-refractivity contribution in [2.45, 2.75) is 25.0 Å². The summed E-state index contributed by atoms with van der Waals surface area (Å²) in [6.07, 6.45) is -0.490. The first-order valence-electron chi connectivity index (χ1n) is 8.38. The van der Waals surface area contributed by atoms with Gasteiger partial charge >= 0.3 is 6.09 Å². The summed E-state index contributed by atoms with van der Waals surface area (Å²) in [6, 6.07) is 2.06. The summed E-state index contributed by atoms with van der Waals surface area (Å²) in [5, 5.41) is 9.53. The van der Waals surface area contributed by atoms with Crippen LogP contribution in [-0.2, 0) is 19.0 Å². The molecule has 0 saturated carbocycles. The molecule has 1 aromatic rings. The molecular formula is C16H20F2N2O6S. The number of piperidine rings is 1. The highest BCUT2D eigenvalue weighted by Gasteiger charge is 2.34. The third-order valence-electron chi connectivity index (χ3n) is 4.44. The lowest BCUT2D eigenvalue weighted by molar-refractivity contribution is 0.107. The Hall–Kier alpha value is -1.98. The van der Waals surface area contributed by atoms with Crippen LogP contribution in [0, 0.1) is 11.6 Å². The molecule has 2 saturated heterocycles. The fourth-order valence-electron chi connectivity index (χ4n) is 3.12. The van der Waals surface area contributed by atoms with Gasteiger partial charge < -0.3 is 14.7 Å². The molecule has 2 aliphatic rings. The second-order valence-electron chi connectivity index (χ2n) is 6.58. The van der Waals surface area contributed by atoms with Gasteiger partial charge in [-0.05, 0) is 12.8 Å². The molecule has 0 radical (unpaired) electrons. The number of aliphatic hydroxyl groups excluding tert-OH is 1. The van der Waals surface area contributed by atoms with E-state index in [1.807, 2.05) is 0 Å². The number of cyclic esters (lactones) is 1. The largest absolute Gasteiger partial charge is 0.441 e. The Bertz CT molecular complexity index is 803. The highest BCUT2D eigenvalue weighted by molar-refractivity contribution is 7.85. The molecule has 2 heterocycles. The number of nitrogens with zero attached hydrogens (tertiary/aromatic N) is 2. The normalized spacial score (nSPS) is 21.6. The number of hydrogen-bond acceptors (Lipinski definition) is 7. The third-order valence-corrected chi connectivity index (χ3v) is 5.00. The molecule has 1 N–H and O–H groups in total. The molecule has 0 unspecified atom stereocenters. The zero-order valence-corrected chi connectivity index (χ0v) is 15.4. The number of halogens is 2. The van der Waals surface area contributed by atoms with Gasteiger partial charge in [0.05, 0.1) is 24.6 Å². The maximum Gasteiger partial charge on any atom is 0.414 e. The first-order valence-corrected chi connectivity index (χ1v) is 10.2. The minimum Gasteiger partial charge on any atom is -0.441 e. The van der Waals surface area contributed by atoms with Gasteiger partial charge in [0.2, 0.25) is 0 Å². The van der Waals surface area contributed by atoms with Crippen LogP contribution < -0.4 is 9.80 Å². The number of benzene rings is 1. The summed E-state index contributed by atoms with van der Waals surface area (Å²) < 4.78 is 60.7. The molecule has 3 rings (SSSR count). The summed E-state index contributed by atoms with van der Waals surface area (Å²) in [4.78, 5) is 14.5. The molecule has 8 nitrogen and oxygen atoms in total. The number of aliphatic hydroxyl groups is 1. The summed E-state index contributed by atoms with van der Waals surface area (Å²) in [6.45, 7) is 0.179.